The lowest BCUT2D eigenvalue weighted by atomic mass is 10.3. The van der Waals surface area contributed by atoms with E-state index in [4.69, 9.17) is 26.8 Å². The highest BCUT2D eigenvalue weighted by molar-refractivity contribution is 8.31. The molecule has 1 aromatic rings. The Hall–Kier alpha value is 0.230. The van der Waals surface area contributed by atoms with Crippen molar-refractivity contribution in [2.75, 3.05) is 0 Å². The standard InChI is InChI=1S/C7H3Cl2F3O3S.Cl2OS/c8-4-1-2-5(15-7(10,11)12)6(3-4)16(9,13)14;1-4(2)3/h1-3H;. The van der Waals surface area contributed by atoms with Crippen LogP contribution in [0, 0.1) is 0 Å². The average molecular weight is 414 g/mol. The highest BCUT2D eigenvalue weighted by Gasteiger charge is 2.33. The summed E-state index contributed by atoms with van der Waals surface area (Å²) in [4.78, 5) is -0.834. The largest absolute Gasteiger partial charge is 0.582 e. The summed E-state index contributed by atoms with van der Waals surface area (Å²) < 4.78 is 70.2. The Bertz CT molecular complexity index is 547. The zero-order valence-electron chi connectivity index (χ0n) is 8.83. The molecule has 0 unspecified atom stereocenters. The fourth-order valence-corrected chi connectivity index (χ4v) is 2.10. The first-order valence-electron chi connectivity index (χ1n) is 4.07. The van der Waals surface area contributed by atoms with E-state index in [1.54, 1.807) is 0 Å². The zero-order valence-corrected chi connectivity index (χ0v) is 13.5. The summed E-state index contributed by atoms with van der Waals surface area (Å²) in [6, 6.07) is 2.59. The van der Waals surface area contributed by atoms with Gasteiger partial charge in [0.2, 0.25) is 0 Å². The van der Waals surface area contributed by atoms with Crippen molar-refractivity contribution in [2.45, 2.75) is 11.3 Å². The van der Waals surface area contributed by atoms with E-state index in [0.717, 1.165) is 18.2 Å². The molecule has 0 bridgehead atoms. The van der Waals surface area contributed by atoms with Crippen molar-refractivity contribution in [1.82, 2.24) is 0 Å². The van der Waals surface area contributed by atoms with Crippen LogP contribution < -0.4 is 4.74 Å². The van der Waals surface area contributed by atoms with Crippen molar-refractivity contribution in [2.24, 2.45) is 0 Å². The highest BCUT2D eigenvalue weighted by atomic mass is 36.0. The third-order valence-corrected chi connectivity index (χ3v) is 2.97. The minimum Gasteiger partial charge on any atom is -0.582 e. The van der Waals surface area contributed by atoms with Gasteiger partial charge in [0.1, 0.15) is 10.6 Å². The molecule has 0 radical (unpaired) electrons. The fourth-order valence-electron chi connectivity index (χ4n) is 0.881. The molecule has 0 saturated heterocycles. The Morgan fingerprint density at radius 2 is 1.70 bits per heavy atom. The van der Waals surface area contributed by atoms with E-state index < -0.39 is 35.7 Å². The Morgan fingerprint density at radius 3 is 2.05 bits per heavy atom. The molecule has 0 aliphatic heterocycles. The molecule has 0 heterocycles. The normalized spacial score (nSPS) is 11.8. The average Bonchev–Trinajstić information content (AvgIpc) is 2.16. The Labute approximate surface area is 133 Å². The van der Waals surface area contributed by atoms with Crippen LogP contribution in [0.5, 0.6) is 5.75 Å². The predicted octanol–water partition coefficient (Wildman–Crippen LogP) is 4.21. The molecule has 0 spiro atoms. The first-order valence-corrected chi connectivity index (χ1v) is 9.56. The minimum atomic E-state index is -5.01. The van der Waals surface area contributed by atoms with Gasteiger partial charge in [-0.05, 0) is 18.2 Å². The summed E-state index contributed by atoms with van der Waals surface area (Å²) in [6.07, 6.45) is -5.01. The van der Waals surface area contributed by atoms with Crippen LogP contribution in [0.1, 0.15) is 0 Å². The van der Waals surface area contributed by atoms with Crippen molar-refractivity contribution in [3.8, 4) is 5.75 Å². The van der Waals surface area contributed by atoms with Gasteiger partial charge in [0.25, 0.3) is 9.05 Å². The van der Waals surface area contributed by atoms with Gasteiger partial charge in [-0.1, -0.05) is 11.6 Å². The second kappa shape index (κ2) is 8.02. The van der Waals surface area contributed by atoms with Crippen LogP contribution in [0.3, 0.4) is 0 Å². The lowest BCUT2D eigenvalue weighted by Crippen LogP contribution is -2.18. The van der Waals surface area contributed by atoms with E-state index in [2.05, 4.69) is 26.1 Å². The summed E-state index contributed by atoms with van der Waals surface area (Å²) in [7, 11) is 7.92. The maximum absolute atomic E-state index is 11.9. The minimum absolute atomic E-state index is 0.0752. The van der Waals surface area contributed by atoms with Crippen molar-refractivity contribution < 1.29 is 30.9 Å². The van der Waals surface area contributed by atoms with Crippen LogP contribution in [0.25, 0.3) is 0 Å². The Balaban J connectivity index is 0.000000796. The van der Waals surface area contributed by atoms with Crippen molar-refractivity contribution in [1.29, 1.82) is 0 Å². The number of ether oxygens (including phenoxy) is 1. The van der Waals surface area contributed by atoms with Crippen molar-refractivity contribution >= 4 is 62.3 Å². The molecular weight excluding hydrogens is 411 g/mol. The number of halogens is 7. The third kappa shape index (κ3) is 9.22. The van der Waals surface area contributed by atoms with Gasteiger partial charge in [0, 0.05) is 15.7 Å². The zero-order chi connectivity index (χ0) is 16.1. The van der Waals surface area contributed by atoms with Gasteiger partial charge in [-0.3, -0.25) is 0 Å². The molecule has 0 aliphatic carbocycles. The van der Waals surface area contributed by atoms with Gasteiger partial charge in [-0.2, -0.15) is 0 Å². The highest BCUT2D eigenvalue weighted by Crippen LogP contribution is 2.33. The van der Waals surface area contributed by atoms with Gasteiger partial charge in [-0.15, -0.1) is 13.2 Å². The van der Waals surface area contributed by atoms with Gasteiger partial charge in [-0.25, -0.2) is 8.42 Å². The number of alkyl halides is 3. The molecule has 0 N–H and O–H groups in total. The Kier molecular flexibility index (Phi) is 8.11. The molecule has 116 valence electrons. The molecule has 1 rings (SSSR count). The van der Waals surface area contributed by atoms with Crippen LogP contribution in [-0.4, -0.2) is 19.3 Å². The quantitative estimate of drug-likeness (QED) is 0.538. The van der Waals surface area contributed by atoms with Crippen LogP contribution in [0.2, 0.25) is 5.02 Å². The van der Waals surface area contributed by atoms with E-state index >= 15 is 0 Å². The molecule has 1 aromatic carbocycles. The van der Waals surface area contributed by atoms with Crippen LogP contribution in [0.15, 0.2) is 23.1 Å². The van der Waals surface area contributed by atoms with Crippen molar-refractivity contribution in [3.63, 3.8) is 0 Å². The first kappa shape index (κ1) is 20.2. The van der Waals surface area contributed by atoms with E-state index in [9.17, 15) is 21.6 Å². The number of hydrogen-bond donors (Lipinski definition) is 0. The van der Waals surface area contributed by atoms with E-state index in [0.29, 0.717) is 0 Å². The van der Waals surface area contributed by atoms with E-state index in [-0.39, 0.29) is 5.02 Å². The second-order valence-corrected chi connectivity index (χ2v) is 8.26. The van der Waals surface area contributed by atoms with Crippen LogP contribution in [0.4, 0.5) is 13.2 Å². The van der Waals surface area contributed by atoms with E-state index in [1.165, 1.54) is 0 Å². The molecule has 0 saturated carbocycles. The maximum atomic E-state index is 11.9. The number of rotatable bonds is 2. The predicted molar refractivity (Wildman–Crippen MR) is 71.0 cm³/mol. The van der Waals surface area contributed by atoms with Gasteiger partial charge in [0.05, 0.1) is 0 Å². The summed E-state index contributed by atoms with van der Waals surface area (Å²) in [5.41, 5.74) is 0. The molecule has 0 fully saturated rings. The van der Waals surface area contributed by atoms with Crippen LogP contribution in [-0.2, 0) is 18.7 Å². The summed E-state index contributed by atoms with van der Waals surface area (Å²) >= 11 is 5.43. The first-order chi connectivity index (χ1) is 8.83. The smallest absolute Gasteiger partial charge is 0.573 e. The summed E-state index contributed by atoms with van der Waals surface area (Å²) in [5, 5.41) is -0.0752. The molecule has 20 heavy (non-hydrogen) atoms. The summed E-state index contributed by atoms with van der Waals surface area (Å²) in [6.45, 7) is 0. The lowest BCUT2D eigenvalue weighted by molar-refractivity contribution is -0.275. The molecule has 0 atom stereocenters. The Morgan fingerprint density at radius 1 is 1.25 bits per heavy atom. The molecular formula is C7H3Cl4F3O4S2. The SMILES string of the molecule is O=S(=O)(Cl)c1cc(Cl)ccc1OC(F)(F)F.[O-][S+](Cl)Cl. The monoisotopic (exact) mass is 412 g/mol. The third-order valence-electron chi connectivity index (χ3n) is 1.39. The lowest BCUT2D eigenvalue weighted by Gasteiger charge is -2.11. The summed E-state index contributed by atoms with van der Waals surface area (Å²) in [5.74, 6) is -0.924. The van der Waals surface area contributed by atoms with Gasteiger partial charge < -0.3 is 9.29 Å². The van der Waals surface area contributed by atoms with Crippen LogP contribution >= 0.6 is 43.6 Å². The van der Waals surface area contributed by atoms with Gasteiger partial charge in [0.15, 0.2) is 31.0 Å². The molecule has 0 amide bonds. The molecule has 13 heteroatoms. The fraction of sp³-hybridized carbons (Fsp3) is 0.143. The van der Waals surface area contributed by atoms with Gasteiger partial charge >= 0.3 is 6.36 Å². The second-order valence-electron chi connectivity index (χ2n) is 2.76. The maximum Gasteiger partial charge on any atom is 0.573 e. The molecule has 0 aromatic heterocycles. The van der Waals surface area contributed by atoms with Crippen molar-refractivity contribution in [3.05, 3.63) is 23.2 Å². The molecule has 4 nitrogen and oxygen atoms in total. The molecule has 0 aliphatic rings. The van der Waals surface area contributed by atoms with E-state index in [1.807, 2.05) is 0 Å². The number of hydrogen-bond acceptors (Lipinski definition) is 4. The number of benzene rings is 1. The topological polar surface area (TPSA) is 66.4 Å².